The number of hydrogen-bond donors (Lipinski definition) is 1. The summed E-state index contributed by atoms with van der Waals surface area (Å²) in [6, 6.07) is 8.82. The Morgan fingerprint density at radius 1 is 1.24 bits per heavy atom. The van der Waals surface area contributed by atoms with Gasteiger partial charge in [0.15, 0.2) is 0 Å². The Bertz CT molecular complexity index is 367. The maximum atomic E-state index is 5.23. The van der Waals surface area contributed by atoms with Crippen LogP contribution in [-0.2, 0) is 10.3 Å². The lowest BCUT2D eigenvalue weighted by Gasteiger charge is -2.22. The molecule has 1 aromatic rings. The molecule has 0 aliphatic carbocycles. The summed E-state index contributed by atoms with van der Waals surface area (Å²) >= 11 is 0. The van der Waals surface area contributed by atoms with Crippen LogP contribution in [0.1, 0.15) is 32.8 Å². The van der Waals surface area contributed by atoms with Gasteiger partial charge in [0.05, 0.1) is 6.10 Å². The van der Waals surface area contributed by atoms with E-state index in [0.29, 0.717) is 0 Å². The summed E-state index contributed by atoms with van der Waals surface area (Å²) in [5.41, 5.74) is 2.84. The third-order valence-corrected chi connectivity index (χ3v) is 3.44. The van der Waals surface area contributed by atoms with Gasteiger partial charge in [0.1, 0.15) is 0 Å². The van der Waals surface area contributed by atoms with Gasteiger partial charge in [-0.15, -0.1) is 0 Å². The molecule has 1 fully saturated rings. The predicted octanol–water partition coefficient (Wildman–Crippen LogP) is 2.45. The van der Waals surface area contributed by atoms with Crippen LogP contribution in [-0.4, -0.2) is 19.2 Å². The van der Waals surface area contributed by atoms with E-state index in [1.807, 2.05) is 0 Å². The SMILES string of the molecule is CC(C)(C)c1ccc(N2CCC(ON)C2)cc1. The molecule has 3 nitrogen and oxygen atoms in total. The minimum atomic E-state index is 0.178. The van der Waals surface area contributed by atoms with E-state index >= 15 is 0 Å². The van der Waals surface area contributed by atoms with Crippen LogP contribution >= 0.6 is 0 Å². The zero-order chi connectivity index (χ0) is 12.5. The maximum Gasteiger partial charge on any atom is 0.0978 e. The molecular weight excluding hydrogens is 212 g/mol. The molecule has 3 heteroatoms. The summed E-state index contributed by atoms with van der Waals surface area (Å²) in [7, 11) is 0. The van der Waals surface area contributed by atoms with Crippen LogP contribution in [0.4, 0.5) is 5.69 Å². The first-order valence-electron chi connectivity index (χ1n) is 6.22. The van der Waals surface area contributed by atoms with Gasteiger partial charge in [-0.2, -0.15) is 0 Å². The van der Waals surface area contributed by atoms with Crippen LogP contribution in [0.2, 0.25) is 0 Å². The van der Waals surface area contributed by atoms with Gasteiger partial charge in [-0.1, -0.05) is 32.9 Å². The molecule has 1 aromatic carbocycles. The Balaban J connectivity index is 2.09. The van der Waals surface area contributed by atoms with E-state index in [4.69, 9.17) is 10.7 Å². The number of nitrogens with two attached hydrogens (primary N) is 1. The van der Waals surface area contributed by atoms with Gasteiger partial charge < -0.3 is 4.90 Å². The molecule has 1 unspecified atom stereocenters. The molecule has 1 atom stereocenters. The Morgan fingerprint density at radius 3 is 2.35 bits per heavy atom. The van der Waals surface area contributed by atoms with Crippen molar-refractivity contribution in [2.24, 2.45) is 5.90 Å². The quantitative estimate of drug-likeness (QED) is 0.799. The van der Waals surface area contributed by atoms with Crippen molar-refractivity contribution in [2.75, 3.05) is 18.0 Å². The largest absolute Gasteiger partial charge is 0.369 e. The smallest absolute Gasteiger partial charge is 0.0978 e. The fourth-order valence-corrected chi connectivity index (χ4v) is 2.25. The summed E-state index contributed by atoms with van der Waals surface area (Å²) in [5.74, 6) is 5.23. The second kappa shape index (κ2) is 4.67. The molecule has 1 saturated heterocycles. The molecule has 1 aliphatic rings. The van der Waals surface area contributed by atoms with Gasteiger partial charge in [-0.05, 0) is 29.5 Å². The van der Waals surface area contributed by atoms with Gasteiger partial charge in [-0.25, -0.2) is 5.90 Å². The first-order valence-corrected chi connectivity index (χ1v) is 6.22. The number of nitrogens with zero attached hydrogens (tertiary/aromatic N) is 1. The van der Waals surface area contributed by atoms with E-state index in [1.165, 1.54) is 11.3 Å². The topological polar surface area (TPSA) is 38.5 Å². The molecular formula is C14H22N2O. The summed E-state index contributed by atoms with van der Waals surface area (Å²) in [6.07, 6.45) is 1.19. The van der Waals surface area contributed by atoms with E-state index in [9.17, 15) is 0 Å². The van der Waals surface area contributed by atoms with Crippen molar-refractivity contribution in [3.63, 3.8) is 0 Å². The van der Waals surface area contributed by atoms with Gasteiger partial charge in [0, 0.05) is 18.8 Å². The van der Waals surface area contributed by atoms with Crippen molar-refractivity contribution in [1.29, 1.82) is 0 Å². The monoisotopic (exact) mass is 234 g/mol. The second-order valence-electron chi connectivity index (χ2n) is 5.79. The van der Waals surface area contributed by atoms with Crippen LogP contribution in [0.25, 0.3) is 0 Å². The fourth-order valence-electron chi connectivity index (χ4n) is 2.25. The lowest BCUT2D eigenvalue weighted by molar-refractivity contribution is 0.0690. The highest BCUT2D eigenvalue weighted by molar-refractivity contribution is 5.49. The Labute approximate surface area is 104 Å². The van der Waals surface area contributed by atoms with Crippen LogP contribution < -0.4 is 10.8 Å². The van der Waals surface area contributed by atoms with Crippen molar-refractivity contribution in [3.05, 3.63) is 29.8 Å². The zero-order valence-electron chi connectivity index (χ0n) is 10.9. The van der Waals surface area contributed by atoms with Crippen LogP contribution in [0.3, 0.4) is 0 Å². The van der Waals surface area contributed by atoms with Crippen LogP contribution in [0.15, 0.2) is 24.3 Å². The van der Waals surface area contributed by atoms with Crippen molar-refractivity contribution >= 4 is 5.69 Å². The molecule has 0 amide bonds. The molecule has 2 N–H and O–H groups in total. The highest BCUT2D eigenvalue weighted by Crippen LogP contribution is 2.26. The summed E-state index contributed by atoms with van der Waals surface area (Å²) < 4.78 is 0. The van der Waals surface area contributed by atoms with Crippen molar-refractivity contribution < 1.29 is 4.84 Å². The normalized spacial score (nSPS) is 20.9. The third-order valence-electron chi connectivity index (χ3n) is 3.44. The molecule has 0 bridgehead atoms. The standard InChI is InChI=1S/C14H22N2O/c1-14(2,3)11-4-6-12(7-5-11)16-9-8-13(10-16)17-15/h4-7,13H,8-10,15H2,1-3H3. The average Bonchev–Trinajstić information content (AvgIpc) is 2.76. The molecule has 1 heterocycles. The first kappa shape index (κ1) is 12.4. The molecule has 0 radical (unpaired) electrons. The van der Waals surface area contributed by atoms with Crippen molar-refractivity contribution in [3.8, 4) is 0 Å². The fraction of sp³-hybridized carbons (Fsp3) is 0.571. The number of benzene rings is 1. The van der Waals surface area contributed by atoms with E-state index in [2.05, 4.69) is 49.9 Å². The molecule has 2 rings (SSSR count). The molecule has 17 heavy (non-hydrogen) atoms. The van der Waals surface area contributed by atoms with E-state index < -0.39 is 0 Å². The third kappa shape index (κ3) is 2.79. The molecule has 0 saturated carbocycles. The van der Waals surface area contributed by atoms with E-state index in [0.717, 1.165) is 19.5 Å². The lowest BCUT2D eigenvalue weighted by atomic mass is 9.87. The molecule has 0 aromatic heterocycles. The highest BCUT2D eigenvalue weighted by atomic mass is 16.6. The summed E-state index contributed by atoms with van der Waals surface area (Å²) in [4.78, 5) is 7.22. The minimum absolute atomic E-state index is 0.178. The highest BCUT2D eigenvalue weighted by Gasteiger charge is 2.23. The average molecular weight is 234 g/mol. The maximum absolute atomic E-state index is 5.23. The Morgan fingerprint density at radius 2 is 1.88 bits per heavy atom. The minimum Gasteiger partial charge on any atom is -0.369 e. The Kier molecular flexibility index (Phi) is 3.40. The van der Waals surface area contributed by atoms with Crippen LogP contribution in [0, 0.1) is 0 Å². The van der Waals surface area contributed by atoms with E-state index in [1.54, 1.807) is 0 Å². The second-order valence-corrected chi connectivity index (χ2v) is 5.79. The molecule has 94 valence electrons. The van der Waals surface area contributed by atoms with Gasteiger partial charge in [0.2, 0.25) is 0 Å². The molecule has 0 spiro atoms. The van der Waals surface area contributed by atoms with Gasteiger partial charge >= 0.3 is 0 Å². The van der Waals surface area contributed by atoms with E-state index in [-0.39, 0.29) is 11.5 Å². The number of hydrogen-bond acceptors (Lipinski definition) is 3. The molecule has 1 aliphatic heterocycles. The van der Waals surface area contributed by atoms with Crippen LogP contribution in [0.5, 0.6) is 0 Å². The van der Waals surface area contributed by atoms with Crippen molar-refractivity contribution in [2.45, 2.75) is 38.7 Å². The zero-order valence-corrected chi connectivity index (χ0v) is 10.9. The predicted molar refractivity (Wildman–Crippen MR) is 71.0 cm³/mol. The van der Waals surface area contributed by atoms with Gasteiger partial charge in [0.25, 0.3) is 0 Å². The lowest BCUT2D eigenvalue weighted by Crippen LogP contribution is -2.24. The summed E-state index contributed by atoms with van der Waals surface area (Å²) in [5, 5.41) is 0. The first-order chi connectivity index (χ1) is 8.00. The summed E-state index contributed by atoms with van der Waals surface area (Å²) in [6.45, 7) is 8.62. The Hall–Kier alpha value is -1.06. The number of rotatable bonds is 2. The van der Waals surface area contributed by atoms with Gasteiger partial charge in [-0.3, -0.25) is 4.84 Å². The number of anilines is 1. The van der Waals surface area contributed by atoms with Crippen molar-refractivity contribution in [1.82, 2.24) is 0 Å².